The molecule has 0 bridgehead atoms. The van der Waals surface area contributed by atoms with E-state index >= 15 is 0 Å². The molecule has 1 unspecified atom stereocenters. The Labute approximate surface area is 166 Å². The van der Waals surface area contributed by atoms with Crippen molar-refractivity contribution in [2.75, 3.05) is 27.3 Å². The van der Waals surface area contributed by atoms with Crippen molar-refractivity contribution in [3.8, 4) is 11.5 Å². The highest BCUT2D eigenvalue weighted by atomic mass is 32.1. The number of ether oxygens (including phenoxy) is 2. The van der Waals surface area contributed by atoms with E-state index in [1.165, 1.54) is 18.7 Å². The Hall–Kier alpha value is -2.42. The summed E-state index contributed by atoms with van der Waals surface area (Å²) in [6.45, 7) is 1.93. The summed E-state index contributed by atoms with van der Waals surface area (Å²) in [5, 5.41) is 10.6. The van der Waals surface area contributed by atoms with E-state index in [4.69, 9.17) is 9.47 Å². The minimum absolute atomic E-state index is 0.0515. The summed E-state index contributed by atoms with van der Waals surface area (Å²) < 4.78 is 46.9. The summed E-state index contributed by atoms with van der Waals surface area (Å²) in [4.78, 5) is 4.19. The van der Waals surface area contributed by atoms with Crippen LogP contribution in [0.2, 0.25) is 0 Å². The minimum atomic E-state index is -4.40. The maximum Gasteiger partial charge on any atom is 0.422 e. The molecule has 1 atom stereocenters. The first-order chi connectivity index (χ1) is 13.3. The van der Waals surface area contributed by atoms with E-state index in [9.17, 15) is 13.2 Å². The Morgan fingerprint density at radius 1 is 1.21 bits per heavy atom. The van der Waals surface area contributed by atoms with Gasteiger partial charge in [0.05, 0.1) is 7.11 Å². The molecule has 0 amide bonds. The second-order valence-corrected chi connectivity index (χ2v) is 6.93. The van der Waals surface area contributed by atoms with Crippen LogP contribution in [-0.2, 0) is 6.54 Å². The Balaban J connectivity index is 1.89. The Kier molecular flexibility index (Phi) is 7.98. The van der Waals surface area contributed by atoms with Crippen molar-refractivity contribution in [1.29, 1.82) is 0 Å². The molecule has 1 heterocycles. The van der Waals surface area contributed by atoms with Gasteiger partial charge in [-0.1, -0.05) is 13.0 Å². The maximum atomic E-state index is 12.3. The van der Waals surface area contributed by atoms with Crippen LogP contribution in [-0.4, -0.2) is 39.4 Å². The molecule has 5 nitrogen and oxygen atoms in total. The molecule has 2 aromatic rings. The summed E-state index contributed by atoms with van der Waals surface area (Å²) >= 11 is 1.67. The van der Waals surface area contributed by atoms with Crippen molar-refractivity contribution in [2.24, 2.45) is 4.99 Å². The lowest BCUT2D eigenvalue weighted by molar-refractivity contribution is -0.153. The molecule has 0 aliphatic heterocycles. The number of nitrogens with zero attached hydrogens (tertiary/aromatic N) is 1. The van der Waals surface area contributed by atoms with Gasteiger partial charge in [-0.2, -0.15) is 24.5 Å². The molecule has 0 aliphatic carbocycles. The van der Waals surface area contributed by atoms with Crippen LogP contribution in [0, 0.1) is 0 Å². The van der Waals surface area contributed by atoms with Crippen LogP contribution >= 0.6 is 11.3 Å². The van der Waals surface area contributed by atoms with Crippen molar-refractivity contribution < 1.29 is 22.6 Å². The fourth-order valence-corrected chi connectivity index (χ4v) is 3.21. The van der Waals surface area contributed by atoms with Crippen LogP contribution in [0.4, 0.5) is 13.2 Å². The molecular weight excluding hydrogens is 391 g/mol. The summed E-state index contributed by atoms with van der Waals surface area (Å²) in [6.07, 6.45) is -4.40. The van der Waals surface area contributed by atoms with Crippen LogP contribution in [0.1, 0.15) is 24.0 Å². The van der Waals surface area contributed by atoms with E-state index < -0.39 is 12.8 Å². The molecule has 9 heteroatoms. The average Bonchev–Trinajstić information content (AvgIpc) is 3.20. The average molecular weight is 415 g/mol. The summed E-state index contributed by atoms with van der Waals surface area (Å²) in [7, 11) is 3.07. The van der Waals surface area contributed by atoms with Crippen LogP contribution in [0.15, 0.2) is 40.0 Å². The number of alkyl halides is 3. The normalized spacial score (nSPS) is 13.1. The lowest BCUT2D eigenvalue weighted by atomic mass is 10.1. The van der Waals surface area contributed by atoms with Gasteiger partial charge in [0.25, 0.3) is 0 Å². The topological polar surface area (TPSA) is 54.9 Å². The van der Waals surface area contributed by atoms with Gasteiger partial charge in [0, 0.05) is 20.1 Å². The molecule has 0 spiro atoms. The highest BCUT2D eigenvalue weighted by Gasteiger charge is 2.29. The molecular formula is C19H24F3N3O2S. The summed E-state index contributed by atoms with van der Waals surface area (Å²) in [5.41, 5.74) is 2.09. The molecule has 154 valence electrons. The van der Waals surface area contributed by atoms with Gasteiger partial charge in [0.2, 0.25) is 0 Å². The molecule has 0 saturated heterocycles. The zero-order valence-corrected chi connectivity index (χ0v) is 16.8. The van der Waals surface area contributed by atoms with Gasteiger partial charge in [0.1, 0.15) is 0 Å². The number of hydrogen-bond donors (Lipinski definition) is 2. The standard InChI is InChI=1S/C19H24F3N3O2S/c1-13(15-6-7-28-11-15)9-24-18(23-2)25-10-14-4-5-16(17(8-14)26-3)27-12-19(20,21)22/h4-8,11,13H,9-10,12H2,1-3H3,(H2,23,24,25). The van der Waals surface area contributed by atoms with Gasteiger partial charge in [-0.15, -0.1) is 0 Å². The van der Waals surface area contributed by atoms with Gasteiger partial charge >= 0.3 is 6.18 Å². The van der Waals surface area contributed by atoms with E-state index in [0.29, 0.717) is 18.4 Å². The molecule has 1 aromatic heterocycles. The van der Waals surface area contributed by atoms with Crippen molar-refractivity contribution in [3.05, 3.63) is 46.2 Å². The van der Waals surface area contributed by atoms with Gasteiger partial charge in [-0.05, 0) is 46.0 Å². The van der Waals surface area contributed by atoms with Gasteiger partial charge < -0.3 is 20.1 Å². The number of guanidine groups is 1. The first-order valence-electron chi connectivity index (χ1n) is 8.65. The second-order valence-electron chi connectivity index (χ2n) is 6.15. The molecule has 0 fully saturated rings. The smallest absolute Gasteiger partial charge is 0.422 e. The lowest BCUT2D eigenvalue weighted by Gasteiger charge is -2.16. The molecule has 0 radical (unpaired) electrons. The molecule has 0 aliphatic rings. The molecule has 2 rings (SSSR count). The number of hydrogen-bond acceptors (Lipinski definition) is 4. The molecule has 28 heavy (non-hydrogen) atoms. The Morgan fingerprint density at radius 2 is 2.00 bits per heavy atom. The third-order valence-corrected chi connectivity index (χ3v) is 4.69. The third-order valence-electron chi connectivity index (χ3n) is 3.99. The van der Waals surface area contributed by atoms with Gasteiger partial charge in [0.15, 0.2) is 24.1 Å². The number of methoxy groups -OCH3 is 1. The Morgan fingerprint density at radius 3 is 2.61 bits per heavy atom. The SMILES string of the molecule is CN=C(NCc1ccc(OCC(F)(F)F)c(OC)c1)NCC(C)c1ccsc1. The Bertz CT molecular complexity index is 764. The molecule has 1 aromatic carbocycles. The van der Waals surface area contributed by atoms with E-state index in [-0.39, 0.29) is 11.5 Å². The van der Waals surface area contributed by atoms with Crippen molar-refractivity contribution in [2.45, 2.75) is 25.6 Å². The highest BCUT2D eigenvalue weighted by Crippen LogP contribution is 2.29. The molecule has 0 saturated carbocycles. The third kappa shape index (κ3) is 6.95. The number of thiophene rings is 1. The van der Waals surface area contributed by atoms with E-state index in [1.54, 1.807) is 30.5 Å². The quantitative estimate of drug-likeness (QED) is 0.502. The fraction of sp³-hybridized carbons (Fsp3) is 0.421. The van der Waals surface area contributed by atoms with E-state index in [2.05, 4.69) is 34.0 Å². The number of aliphatic imine (C=N–C) groups is 1. The van der Waals surface area contributed by atoms with Crippen molar-refractivity contribution in [3.63, 3.8) is 0 Å². The molecule has 2 N–H and O–H groups in total. The van der Waals surface area contributed by atoms with Gasteiger partial charge in [-0.25, -0.2) is 0 Å². The first-order valence-corrected chi connectivity index (χ1v) is 9.59. The second kappa shape index (κ2) is 10.2. The van der Waals surface area contributed by atoms with E-state index in [1.807, 2.05) is 5.38 Å². The zero-order valence-electron chi connectivity index (χ0n) is 16.0. The number of benzene rings is 1. The van der Waals surface area contributed by atoms with Crippen LogP contribution in [0.25, 0.3) is 0 Å². The summed E-state index contributed by atoms with van der Waals surface area (Å²) in [6, 6.07) is 6.89. The highest BCUT2D eigenvalue weighted by molar-refractivity contribution is 7.07. The fourth-order valence-electron chi connectivity index (χ4n) is 2.43. The number of halogens is 3. The van der Waals surface area contributed by atoms with E-state index in [0.717, 1.165) is 12.1 Å². The monoisotopic (exact) mass is 415 g/mol. The predicted molar refractivity (Wildman–Crippen MR) is 105 cm³/mol. The lowest BCUT2D eigenvalue weighted by Crippen LogP contribution is -2.38. The van der Waals surface area contributed by atoms with Crippen molar-refractivity contribution in [1.82, 2.24) is 10.6 Å². The summed E-state index contributed by atoms with van der Waals surface area (Å²) in [5.74, 6) is 1.28. The maximum absolute atomic E-state index is 12.3. The largest absolute Gasteiger partial charge is 0.493 e. The first kappa shape index (κ1) is 21.9. The minimum Gasteiger partial charge on any atom is -0.493 e. The number of rotatable bonds is 8. The predicted octanol–water partition coefficient (Wildman–Crippen LogP) is 4.17. The zero-order chi connectivity index (χ0) is 20.6. The van der Waals surface area contributed by atoms with Crippen molar-refractivity contribution >= 4 is 17.3 Å². The van der Waals surface area contributed by atoms with Gasteiger partial charge in [-0.3, -0.25) is 4.99 Å². The van der Waals surface area contributed by atoms with Crippen LogP contribution in [0.3, 0.4) is 0 Å². The van der Waals surface area contributed by atoms with Crippen LogP contribution < -0.4 is 20.1 Å². The number of nitrogens with one attached hydrogen (secondary N) is 2. The van der Waals surface area contributed by atoms with Crippen LogP contribution in [0.5, 0.6) is 11.5 Å².